The van der Waals surface area contributed by atoms with Crippen LogP contribution in [0.2, 0.25) is 0 Å². The first-order chi connectivity index (χ1) is 7.35. The van der Waals surface area contributed by atoms with Gasteiger partial charge in [0, 0.05) is 38.9 Å². The Morgan fingerprint density at radius 1 is 1.38 bits per heavy atom. The summed E-state index contributed by atoms with van der Waals surface area (Å²) in [6.07, 6.45) is 1.08. The van der Waals surface area contributed by atoms with Crippen molar-refractivity contribution in [1.29, 1.82) is 0 Å². The standard InChI is InChI=1S/C13H28N2O/c1-12(10-14-13(2,3)4)11-15(5)8-7-9-16-6/h14H,1,7-11H2,2-6H3. The predicted molar refractivity (Wildman–Crippen MR) is 70.9 cm³/mol. The fourth-order valence-electron chi connectivity index (χ4n) is 1.39. The molecule has 16 heavy (non-hydrogen) atoms. The van der Waals surface area contributed by atoms with E-state index in [0.29, 0.717) is 0 Å². The van der Waals surface area contributed by atoms with Crippen LogP contribution in [-0.4, -0.2) is 50.8 Å². The van der Waals surface area contributed by atoms with Gasteiger partial charge in [-0.2, -0.15) is 0 Å². The van der Waals surface area contributed by atoms with Crippen molar-refractivity contribution in [3.05, 3.63) is 12.2 Å². The number of hydrogen-bond acceptors (Lipinski definition) is 3. The van der Waals surface area contributed by atoms with Gasteiger partial charge in [-0.3, -0.25) is 0 Å². The van der Waals surface area contributed by atoms with Crippen LogP contribution in [0.5, 0.6) is 0 Å². The van der Waals surface area contributed by atoms with Gasteiger partial charge in [0.25, 0.3) is 0 Å². The second kappa shape index (κ2) is 7.82. The van der Waals surface area contributed by atoms with Crippen molar-refractivity contribution in [2.75, 3.05) is 40.4 Å². The monoisotopic (exact) mass is 228 g/mol. The van der Waals surface area contributed by atoms with Gasteiger partial charge in [-0.1, -0.05) is 6.58 Å². The van der Waals surface area contributed by atoms with Gasteiger partial charge in [-0.05, 0) is 39.8 Å². The average molecular weight is 228 g/mol. The van der Waals surface area contributed by atoms with Gasteiger partial charge in [0.05, 0.1) is 0 Å². The summed E-state index contributed by atoms with van der Waals surface area (Å²) in [6, 6.07) is 0. The predicted octanol–water partition coefficient (Wildman–Crippen LogP) is 1.90. The lowest BCUT2D eigenvalue weighted by Crippen LogP contribution is -2.38. The van der Waals surface area contributed by atoms with Gasteiger partial charge in [0.1, 0.15) is 0 Å². The van der Waals surface area contributed by atoms with Crippen molar-refractivity contribution >= 4 is 0 Å². The molecule has 0 aliphatic carbocycles. The van der Waals surface area contributed by atoms with E-state index >= 15 is 0 Å². The maximum absolute atomic E-state index is 5.03. The van der Waals surface area contributed by atoms with Crippen molar-refractivity contribution in [3.8, 4) is 0 Å². The second-order valence-corrected chi connectivity index (χ2v) is 5.44. The number of ether oxygens (including phenoxy) is 1. The SMILES string of the molecule is C=C(CNC(C)(C)C)CN(C)CCCOC. The molecule has 0 aromatic heterocycles. The lowest BCUT2D eigenvalue weighted by molar-refractivity contribution is 0.181. The number of nitrogens with zero attached hydrogens (tertiary/aromatic N) is 1. The molecule has 0 amide bonds. The minimum absolute atomic E-state index is 0.164. The number of hydrogen-bond donors (Lipinski definition) is 1. The minimum Gasteiger partial charge on any atom is -0.385 e. The van der Waals surface area contributed by atoms with Crippen LogP contribution in [0.1, 0.15) is 27.2 Å². The maximum Gasteiger partial charge on any atom is 0.0474 e. The molecule has 0 heterocycles. The van der Waals surface area contributed by atoms with Crippen LogP contribution in [0.15, 0.2) is 12.2 Å². The lowest BCUT2D eigenvalue weighted by atomic mass is 10.1. The summed E-state index contributed by atoms with van der Waals surface area (Å²) < 4.78 is 5.03. The highest BCUT2D eigenvalue weighted by molar-refractivity contribution is 5.00. The Morgan fingerprint density at radius 3 is 2.50 bits per heavy atom. The Balaban J connectivity index is 3.62. The molecule has 0 aromatic rings. The lowest BCUT2D eigenvalue weighted by Gasteiger charge is -2.23. The summed E-state index contributed by atoms with van der Waals surface area (Å²) in [5.74, 6) is 0. The van der Waals surface area contributed by atoms with Crippen LogP contribution in [0.4, 0.5) is 0 Å². The van der Waals surface area contributed by atoms with Crippen LogP contribution in [0, 0.1) is 0 Å². The highest BCUT2D eigenvalue weighted by Gasteiger charge is 2.09. The third-order valence-electron chi connectivity index (χ3n) is 2.25. The van der Waals surface area contributed by atoms with Gasteiger partial charge in [0.2, 0.25) is 0 Å². The van der Waals surface area contributed by atoms with E-state index in [1.54, 1.807) is 7.11 Å². The zero-order valence-corrected chi connectivity index (χ0v) is 11.6. The van der Waals surface area contributed by atoms with E-state index in [4.69, 9.17) is 4.74 Å². The fraction of sp³-hybridized carbons (Fsp3) is 0.846. The molecule has 0 saturated carbocycles. The summed E-state index contributed by atoms with van der Waals surface area (Å²) in [7, 11) is 3.87. The van der Waals surface area contributed by atoms with E-state index in [0.717, 1.165) is 32.7 Å². The summed E-state index contributed by atoms with van der Waals surface area (Å²) >= 11 is 0. The second-order valence-electron chi connectivity index (χ2n) is 5.44. The molecule has 0 rings (SSSR count). The van der Waals surface area contributed by atoms with Crippen LogP contribution >= 0.6 is 0 Å². The summed E-state index contributed by atoms with van der Waals surface area (Å²) in [4.78, 5) is 2.28. The molecule has 3 heteroatoms. The van der Waals surface area contributed by atoms with Gasteiger partial charge < -0.3 is 15.0 Å². The summed E-state index contributed by atoms with van der Waals surface area (Å²) in [5.41, 5.74) is 1.40. The molecule has 0 aliphatic rings. The van der Waals surface area contributed by atoms with Crippen LogP contribution < -0.4 is 5.32 Å². The largest absolute Gasteiger partial charge is 0.385 e. The molecule has 0 unspecified atom stereocenters. The van der Waals surface area contributed by atoms with E-state index in [1.807, 2.05) is 0 Å². The van der Waals surface area contributed by atoms with E-state index in [9.17, 15) is 0 Å². The van der Waals surface area contributed by atoms with Gasteiger partial charge >= 0.3 is 0 Å². The van der Waals surface area contributed by atoms with Gasteiger partial charge in [-0.25, -0.2) is 0 Å². The van der Waals surface area contributed by atoms with Crippen molar-refractivity contribution in [2.45, 2.75) is 32.7 Å². The molecule has 1 N–H and O–H groups in total. The molecule has 0 radical (unpaired) electrons. The Hall–Kier alpha value is -0.380. The topological polar surface area (TPSA) is 24.5 Å². The van der Waals surface area contributed by atoms with Crippen molar-refractivity contribution < 1.29 is 4.74 Å². The smallest absolute Gasteiger partial charge is 0.0474 e. The van der Waals surface area contributed by atoms with E-state index < -0.39 is 0 Å². The van der Waals surface area contributed by atoms with E-state index in [1.165, 1.54) is 5.57 Å². The quantitative estimate of drug-likeness (QED) is 0.507. The minimum atomic E-state index is 0.164. The van der Waals surface area contributed by atoms with Crippen LogP contribution in [-0.2, 0) is 4.74 Å². The first kappa shape index (κ1) is 15.6. The molecule has 0 aromatic carbocycles. The maximum atomic E-state index is 5.03. The molecular weight excluding hydrogens is 200 g/mol. The summed E-state index contributed by atoms with van der Waals surface area (Å²) in [5, 5.41) is 3.44. The molecule has 0 fully saturated rings. The molecule has 0 spiro atoms. The van der Waals surface area contributed by atoms with Crippen LogP contribution in [0.3, 0.4) is 0 Å². The fourth-order valence-corrected chi connectivity index (χ4v) is 1.39. The third kappa shape index (κ3) is 10.1. The normalized spacial score (nSPS) is 12.1. The average Bonchev–Trinajstić information content (AvgIpc) is 2.14. The third-order valence-corrected chi connectivity index (χ3v) is 2.25. The molecule has 0 saturated heterocycles. The van der Waals surface area contributed by atoms with Crippen molar-refractivity contribution in [3.63, 3.8) is 0 Å². The van der Waals surface area contributed by atoms with Crippen molar-refractivity contribution in [1.82, 2.24) is 10.2 Å². The Labute approximate surface area is 101 Å². The molecule has 96 valence electrons. The number of likely N-dealkylation sites (N-methyl/N-ethyl adjacent to an activating group) is 1. The molecular formula is C13H28N2O. The van der Waals surface area contributed by atoms with Gasteiger partial charge in [0.15, 0.2) is 0 Å². The molecule has 0 aliphatic heterocycles. The highest BCUT2D eigenvalue weighted by atomic mass is 16.5. The van der Waals surface area contributed by atoms with E-state index in [2.05, 4.69) is 44.6 Å². The first-order valence-electron chi connectivity index (χ1n) is 5.94. The van der Waals surface area contributed by atoms with Crippen LogP contribution in [0.25, 0.3) is 0 Å². The Bertz CT molecular complexity index is 197. The zero-order valence-electron chi connectivity index (χ0n) is 11.6. The number of methoxy groups -OCH3 is 1. The van der Waals surface area contributed by atoms with Gasteiger partial charge in [-0.15, -0.1) is 0 Å². The highest BCUT2D eigenvalue weighted by Crippen LogP contribution is 2.01. The zero-order chi connectivity index (χ0) is 12.6. The summed E-state index contributed by atoms with van der Waals surface area (Å²) in [6.45, 7) is 14.3. The van der Waals surface area contributed by atoms with Crippen molar-refractivity contribution in [2.24, 2.45) is 0 Å². The van der Waals surface area contributed by atoms with E-state index in [-0.39, 0.29) is 5.54 Å². The first-order valence-corrected chi connectivity index (χ1v) is 5.94. The molecule has 0 bridgehead atoms. The molecule has 3 nitrogen and oxygen atoms in total. The molecule has 0 atom stereocenters. The number of nitrogens with one attached hydrogen (secondary N) is 1. The Morgan fingerprint density at radius 2 is 2.00 bits per heavy atom. The number of rotatable bonds is 8. The Kier molecular flexibility index (Phi) is 7.64.